The molecule has 156 valence electrons. The van der Waals surface area contributed by atoms with E-state index in [2.05, 4.69) is 13.0 Å². The highest BCUT2D eigenvalue weighted by molar-refractivity contribution is 4.72. The third-order valence-electron chi connectivity index (χ3n) is 4.21. The molecular weight excluding hydrogens is 328 g/mol. The summed E-state index contributed by atoms with van der Waals surface area (Å²) in [5.41, 5.74) is 0. The molecule has 0 bridgehead atoms. The molecule has 0 aromatic carbocycles. The van der Waals surface area contributed by atoms with Crippen LogP contribution in [0.2, 0.25) is 0 Å². The van der Waals surface area contributed by atoms with Crippen molar-refractivity contribution in [3.05, 3.63) is 12.3 Å². The van der Waals surface area contributed by atoms with Gasteiger partial charge < -0.3 is 18.9 Å². The van der Waals surface area contributed by atoms with Gasteiger partial charge in [0.25, 0.3) is 0 Å². The van der Waals surface area contributed by atoms with Crippen molar-refractivity contribution in [3.63, 3.8) is 0 Å². The highest BCUT2D eigenvalue weighted by atomic mass is 16.7. The summed E-state index contributed by atoms with van der Waals surface area (Å²) in [6, 6.07) is 0. The fraction of sp³-hybridized carbons (Fsp3) is 0.909. The van der Waals surface area contributed by atoms with Crippen LogP contribution in [0.25, 0.3) is 0 Å². The van der Waals surface area contributed by atoms with Gasteiger partial charge in [-0.1, -0.05) is 51.9 Å². The van der Waals surface area contributed by atoms with Crippen LogP contribution < -0.4 is 0 Å². The molecule has 0 aliphatic rings. The van der Waals surface area contributed by atoms with Crippen molar-refractivity contribution in [1.29, 1.82) is 0 Å². The summed E-state index contributed by atoms with van der Waals surface area (Å²) >= 11 is 0. The van der Waals surface area contributed by atoms with Crippen LogP contribution in [0, 0.1) is 0 Å². The second kappa shape index (κ2) is 22.5. The molecule has 0 aliphatic heterocycles. The van der Waals surface area contributed by atoms with Crippen LogP contribution in [0.1, 0.15) is 97.8 Å². The molecule has 4 heteroatoms. The van der Waals surface area contributed by atoms with Gasteiger partial charge in [0.15, 0.2) is 13.1 Å². The summed E-state index contributed by atoms with van der Waals surface area (Å²) in [6.07, 6.45) is 18.9. The van der Waals surface area contributed by atoms with Crippen LogP contribution >= 0.6 is 0 Å². The molecule has 0 unspecified atom stereocenters. The molecular formula is C22H44O4. The molecule has 0 rings (SSSR count). The van der Waals surface area contributed by atoms with Gasteiger partial charge in [-0.3, -0.25) is 0 Å². The van der Waals surface area contributed by atoms with Gasteiger partial charge in [0.2, 0.25) is 0 Å². The summed E-state index contributed by atoms with van der Waals surface area (Å²) in [4.78, 5) is 0. The second-order valence-corrected chi connectivity index (χ2v) is 6.66. The first-order chi connectivity index (χ1) is 12.8. The fourth-order valence-corrected chi connectivity index (χ4v) is 2.82. The third-order valence-corrected chi connectivity index (χ3v) is 4.21. The fourth-order valence-electron chi connectivity index (χ4n) is 2.82. The van der Waals surface area contributed by atoms with E-state index >= 15 is 0 Å². The van der Waals surface area contributed by atoms with Crippen molar-refractivity contribution < 1.29 is 18.9 Å². The summed E-state index contributed by atoms with van der Waals surface area (Å²) in [7, 11) is 0. The monoisotopic (exact) mass is 372 g/mol. The summed E-state index contributed by atoms with van der Waals surface area (Å²) in [5.74, 6) is 0. The molecule has 0 saturated carbocycles. The van der Waals surface area contributed by atoms with E-state index in [1.807, 2.05) is 13.8 Å². The van der Waals surface area contributed by atoms with Gasteiger partial charge >= 0.3 is 0 Å². The van der Waals surface area contributed by atoms with Crippen LogP contribution in [0.5, 0.6) is 0 Å². The molecule has 0 aliphatic carbocycles. The lowest BCUT2D eigenvalue weighted by atomic mass is 10.1. The Morgan fingerprint density at radius 2 is 1.31 bits per heavy atom. The van der Waals surface area contributed by atoms with E-state index in [0.717, 1.165) is 39.1 Å². The maximum atomic E-state index is 5.57. The number of hydrogen-bond acceptors (Lipinski definition) is 4. The number of unbranched alkanes of at least 4 members (excludes halogenated alkanes) is 9. The SMILES string of the molecule is CCCOCOC=CCCCCCCCCCCCC(OCC)OCC. The highest BCUT2D eigenvalue weighted by Crippen LogP contribution is 2.13. The minimum absolute atomic E-state index is 0.00770. The summed E-state index contributed by atoms with van der Waals surface area (Å²) in [5, 5.41) is 0. The van der Waals surface area contributed by atoms with Gasteiger partial charge in [-0.05, 0) is 52.0 Å². The van der Waals surface area contributed by atoms with E-state index in [0.29, 0.717) is 6.79 Å². The molecule has 0 aromatic heterocycles. The van der Waals surface area contributed by atoms with Crippen LogP contribution in [0.4, 0.5) is 0 Å². The van der Waals surface area contributed by atoms with Gasteiger partial charge in [0.1, 0.15) is 0 Å². The Morgan fingerprint density at radius 3 is 1.88 bits per heavy atom. The Kier molecular flexibility index (Phi) is 22.0. The zero-order valence-electron chi connectivity index (χ0n) is 17.7. The molecule has 0 N–H and O–H groups in total. The Hall–Kier alpha value is -0.580. The maximum absolute atomic E-state index is 5.57. The molecule has 26 heavy (non-hydrogen) atoms. The third kappa shape index (κ3) is 19.7. The lowest BCUT2D eigenvalue weighted by Gasteiger charge is -2.16. The van der Waals surface area contributed by atoms with Crippen molar-refractivity contribution in [2.45, 2.75) is 104 Å². The second-order valence-electron chi connectivity index (χ2n) is 6.66. The highest BCUT2D eigenvalue weighted by Gasteiger charge is 2.06. The molecule has 4 nitrogen and oxygen atoms in total. The van der Waals surface area contributed by atoms with Crippen molar-refractivity contribution >= 4 is 0 Å². The topological polar surface area (TPSA) is 36.9 Å². The largest absolute Gasteiger partial charge is 0.475 e. The molecule has 0 heterocycles. The minimum Gasteiger partial charge on any atom is -0.475 e. The van der Waals surface area contributed by atoms with Crippen molar-refractivity contribution in [1.82, 2.24) is 0 Å². The Morgan fingerprint density at radius 1 is 0.731 bits per heavy atom. The average Bonchev–Trinajstić information content (AvgIpc) is 2.64. The number of allylic oxidation sites excluding steroid dienone is 1. The van der Waals surface area contributed by atoms with Crippen molar-refractivity contribution in [3.8, 4) is 0 Å². The van der Waals surface area contributed by atoms with Gasteiger partial charge in [-0.25, -0.2) is 0 Å². The number of ether oxygens (including phenoxy) is 4. The first-order valence-electron chi connectivity index (χ1n) is 10.9. The average molecular weight is 373 g/mol. The van der Waals surface area contributed by atoms with Gasteiger partial charge in [-0.2, -0.15) is 0 Å². The first-order valence-corrected chi connectivity index (χ1v) is 10.9. The molecule has 0 radical (unpaired) electrons. The lowest BCUT2D eigenvalue weighted by molar-refractivity contribution is -0.140. The summed E-state index contributed by atoms with van der Waals surface area (Å²) in [6.45, 7) is 8.77. The first kappa shape index (κ1) is 25.4. The number of rotatable bonds is 21. The van der Waals surface area contributed by atoms with Crippen LogP contribution in [-0.4, -0.2) is 32.9 Å². The number of hydrogen-bond donors (Lipinski definition) is 0. The van der Waals surface area contributed by atoms with E-state index in [-0.39, 0.29) is 6.29 Å². The molecule has 0 aromatic rings. The van der Waals surface area contributed by atoms with E-state index in [1.165, 1.54) is 57.8 Å². The van der Waals surface area contributed by atoms with Crippen molar-refractivity contribution in [2.24, 2.45) is 0 Å². The minimum atomic E-state index is 0.00770. The molecule has 0 fully saturated rings. The van der Waals surface area contributed by atoms with Crippen LogP contribution in [-0.2, 0) is 18.9 Å². The lowest BCUT2D eigenvalue weighted by Crippen LogP contribution is -2.17. The maximum Gasteiger partial charge on any atom is 0.188 e. The quantitative estimate of drug-likeness (QED) is 0.129. The van der Waals surface area contributed by atoms with Gasteiger partial charge in [0, 0.05) is 13.2 Å². The Balaban J connectivity index is 3.20. The Labute approximate surface area is 162 Å². The summed E-state index contributed by atoms with van der Waals surface area (Å²) < 4.78 is 21.6. The van der Waals surface area contributed by atoms with E-state index in [1.54, 1.807) is 6.26 Å². The molecule has 0 atom stereocenters. The van der Waals surface area contributed by atoms with E-state index in [4.69, 9.17) is 18.9 Å². The van der Waals surface area contributed by atoms with Gasteiger partial charge in [0.05, 0.1) is 12.9 Å². The standard InChI is InChI=1S/C22H44O4/c1-4-19-23-21-24-20-17-15-13-11-9-7-8-10-12-14-16-18-22(25-5-2)26-6-3/h17,20,22H,4-16,18-19,21H2,1-3H3. The Bertz CT molecular complexity index is 275. The van der Waals surface area contributed by atoms with Crippen molar-refractivity contribution in [2.75, 3.05) is 26.6 Å². The molecule has 0 spiro atoms. The molecule has 0 saturated heterocycles. The van der Waals surface area contributed by atoms with Gasteiger partial charge in [-0.15, -0.1) is 0 Å². The predicted octanol–water partition coefficient (Wildman–Crippen LogP) is 6.59. The van der Waals surface area contributed by atoms with Crippen LogP contribution in [0.15, 0.2) is 12.3 Å². The molecule has 0 amide bonds. The zero-order chi connectivity index (χ0) is 19.1. The zero-order valence-corrected chi connectivity index (χ0v) is 17.7. The predicted molar refractivity (Wildman–Crippen MR) is 109 cm³/mol. The smallest absolute Gasteiger partial charge is 0.188 e. The van der Waals surface area contributed by atoms with E-state index < -0.39 is 0 Å². The van der Waals surface area contributed by atoms with Crippen LogP contribution in [0.3, 0.4) is 0 Å². The normalized spacial score (nSPS) is 11.7. The van der Waals surface area contributed by atoms with E-state index in [9.17, 15) is 0 Å².